The topological polar surface area (TPSA) is 55.1 Å². The highest BCUT2D eigenvalue weighted by Gasteiger charge is 2.02. The van der Waals surface area contributed by atoms with Crippen molar-refractivity contribution in [3.8, 4) is 0 Å². The quantitative estimate of drug-likeness (QED) is 0.580. The van der Waals surface area contributed by atoms with Crippen LogP contribution in [0, 0.1) is 0 Å². The number of amides is 1. The molecular formula is C5H13ClN2O. The number of hydrogen-bond donors (Lipinski definition) is 2. The maximum absolute atomic E-state index is 10.5. The van der Waals surface area contributed by atoms with E-state index < -0.39 is 0 Å². The third-order valence-electron chi connectivity index (χ3n) is 0.765. The number of rotatable bonds is 2. The number of carbonyl (C=O) groups excluding carboxylic acids is 1. The standard InChI is InChI=1S/C5H12N2O.ClH/c1-3-7-5(8)4(2)6;/h4H,3,6H2,1-2H3,(H,7,8);1H/t4-;/m1./s1. The van der Waals surface area contributed by atoms with Crippen molar-refractivity contribution in [1.29, 1.82) is 0 Å². The first kappa shape index (κ1) is 11.5. The van der Waals surface area contributed by atoms with Crippen molar-refractivity contribution < 1.29 is 4.79 Å². The van der Waals surface area contributed by atoms with Crippen molar-refractivity contribution in [3.63, 3.8) is 0 Å². The Balaban J connectivity index is 0. The molecule has 0 aliphatic carbocycles. The van der Waals surface area contributed by atoms with Crippen LogP contribution in [0.5, 0.6) is 0 Å². The summed E-state index contributed by atoms with van der Waals surface area (Å²) >= 11 is 0. The second-order valence-electron chi connectivity index (χ2n) is 1.68. The smallest absolute Gasteiger partial charge is 0.236 e. The lowest BCUT2D eigenvalue weighted by Gasteiger charge is -2.02. The van der Waals surface area contributed by atoms with Gasteiger partial charge in [-0.15, -0.1) is 12.4 Å². The van der Waals surface area contributed by atoms with Gasteiger partial charge in [0.25, 0.3) is 0 Å². The summed E-state index contributed by atoms with van der Waals surface area (Å²) in [4.78, 5) is 10.5. The molecule has 3 nitrogen and oxygen atoms in total. The van der Waals surface area contributed by atoms with Gasteiger partial charge < -0.3 is 11.1 Å². The lowest BCUT2D eigenvalue weighted by atomic mass is 10.3. The van der Waals surface area contributed by atoms with Crippen molar-refractivity contribution >= 4 is 18.3 Å². The molecule has 0 aromatic carbocycles. The van der Waals surface area contributed by atoms with E-state index >= 15 is 0 Å². The maximum Gasteiger partial charge on any atom is 0.236 e. The summed E-state index contributed by atoms with van der Waals surface area (Å²) in [5.74, 6) is -0.0903. The summed E-state index contributed by atoms with van der Waals surface area (Å²) in [5.41, 5.74) is 5.21. The Hall–Kier alpha value is -0.280. The lowest BCUT2D eigenvalue weighted by molar-refractivity contribution is -0.121. The Morgan fingerprint density at radius 1 is 1.78 bits per heavy atom. The van der Waals surface area contributed by atoms with Gasteiger partial charge in [-0.2, -0.15) is 0 Å². The van der Waals surface area contributed by atoms with E-state index in [-0.39, 0.29) is 24.4 Å². The van der Waals surface area contributed by atoms with Crippen molar-refractivity contribution in [1.82, 2.24) is 5.32 Å². The first-order chi connectivity index (χ1) is 3.68. The molecule has 56 valence electrons. The molecule has 0 spiro atoms. The Kier molecular flexibility index (Phi) is 7.48. The number of nitrogens with two attached hydrogens (primary N) is 1. The van der Waals surface area contributed by atoms with E-state index in [4.69, 9.17) is 5.73 Å². The fourth-order valence-electron chi connectivity index (χ4n) is 0.335. The van der Waals surface area contributed by atoms with Crippen LogP contribution in [0.25, 0.3) is 0 Å². The summed E-state index contributed by atoms with van der Waals surface area (Å²) in [7, 11) is 0. The normalized spacial score (nSPS) is 11.4. The third kappa shape index (κ3) is 5.59. The van der Waals surface area contributed by atoms with Gasteiger partial charge in [0.1, 0.15) is 0 Å². The van der Waals surface area contributed by atoms with E-state index in [1.54, 1.807) is 6.92 Å². The van der Waals surface area contributed by atoms with Crippen molar-refractivity contribution in [3.05, 3.63) is 0 Å². The molecule has 0 aromatic heterocycles. The Bertz CT molecular complexity index is 85.0. The number of nitrogens with one attached hydrogen (secondary N) is 1. The molecule has 1 amide bonds. The summed E-state index contributed by atoms with van der Waals surface area (Å²) in [5, 5.41) is 2.58. The van der Waals surface area contributed by atoms with E-state index in [0.29, 0.717) is 6.54 Å². The summed E-state index contributed by atoms with van der Waals surface area (Å²) in [6.45, 7) is 4.17. The van der Waals surface area contributed by atoms with Gasteiger partial charge in [-0.1, -0.05) is 0 Å². The first-order valence-corrected chi connectivity index (χ1v) is 2.71. The van der Waals surface area contributed by atoms with Gasteiger partial charge in [0.15, 0.2) is 0 Å². The molecule has 0 saturated carbocycles. The van der Waals surface area contributed by atoms with Gasteiger partial charge in [0.2, 0.25) is 5.91 Å². The van der Waals surface area contributed by atoms with Crippen molar-refractivity contribution in [2.75, 3.05) is 6.54 Å². The fourth-order valence-corrected chi connectivity index (χ4v) is 0.335. The Morgan fingerprint density at radius 3 is 2.33 bits per heavy atom. The fraction of sp³-hybridized carbons (Fsp3) is 0.800. The molecule has 0 radical (unpaired) electrons. The van der Waals surface area contributed by atoms with Gasteiger partial charge in [-0.25, -0.2) is 0 Å². The van der Waals surface area contributed by atoms with E-state index in [2.05, 4.69) is 5.32 Å². The van der Waals surface area contributed by atoms with Gasteiger partial charge in [0.05, 0.1) is 6.04 Å². The summed E-state index contributed by atoms with van der Waals surface area (Å²) in [6, 6.07) is -0.380. The Morgan fingerprint density at radius 2 is 2.22 bits per heavy atom. The SMILES string of the molecule is CCNC(=O)[C@@H](C)N.Cl. The van der Waals surface area contributed by atoms with Crippen LogP contribution in [0.2, 0.25) is 0 Å². The van der Waals surface area contributed by atoms with Crippen molar-refractivity contribution in [2.45, 2.75) is 19.9 Å². The van der Waals surface area contributed by atoms with Gasteiger partial charge >= 0.3 is 0 Å². The van der Waals surface area contributed by atoms with E-state index in [9.17, 15) is 4.79 Å². The van der Waals surface area contributed by atoms with Crippen LogP contribution in [-0.2, 0) is 4.79 Å². The number of hydrogen-bond acceptors (Lipinski definition) is 2. The molecule has 0 aliphatic heterocycles. The summed E-state index contributed by atoms with van der Waals surface area (Å²) in [6.07, 6.45) is 0. The minimum atomic E-state index is -0.380. The molecule has 0 fully saturated rings. The zero-order chi connectivity index (χ0) is 6.57. The van der Waals surface area contributed by atoms with Gasteiger partial charge in [0, 0.05) is 6.54 Å². The van der Waals surface area contributed by atoms with Gasteiger partial charge in [-0.05, 0) is 13.8 Å². The zero-order valence-electron chi connectivity index (χ0n) is 5.68. The van der Waals surface area contributed by atoms with Crippen LogP contribution in [0.1, 0.15) is 13.8 Å². The molecule has 0 heterocycles. The predicted octanol–water partition coefficient (Wildman–Crippen LogP) is -0.108. The average Bonchev–Trinajstić information content (AvgIpc) is 1.67. The largest absolute Gasteiger partial charge is 0.355 e. The molecule has 0 bridgehead atoms. The highest BCUT2D eigenvalue weighted by Crippen LogP contribution is 1.71. The van der Waals surface area contributed by atoms with Crippen LogP contribution >= 0.6 is 12.4 Å². The Labute approximate surface area is 61.4 Å². The highest BCUT2D eigenvalue weighted by molar-refractivity contribution is 5.85. The molecule has 4 heteroatoms. The molecule has 9 heavy (non-hydrogen) atoms. The molecule has 0 aliphatic rings. The maximum atomic E-state index is 10.5. The van der Waals surface area contributed by atoms with Gasteiger partial charge in [-0.3, -0.25) is 4.79 Å². The van der Waals surface area contributed by atoms with Crippen LogP contribution in [0.3, 0.4) is 0 Å². The number of halogens is 1. The van der Waals surface area contributed by atoms with Crippen molar-refractivity contribution in [2.24, 2.45) is 5.73 Å². The average molecular weight is 153 g/mol. The number of likely N-dealkylation sites (N-methyl/N-ethyl adjacent to an activating group) is 1. The van der Waals surface area contributed by atoms with Crippen LogP contribution in [-0.4, -0.2) is 18.5 Å². The van der Waals surface area contributed by atoms with Crippen LogP contribution in [0.15, 0.2) is 0 Å². The minimum absolute atomic E-state index is 0. The molecule has 3 N–H and O–H groups in total. The molecule has 0 saturated heterocycles. The highest BCUT2D eigenvalue weighted by atomic mass is 35.5. The predicted molar refractivity (Wildman–Crippen MR) is 39.6 cm³/mol. The number of carbonyl (C=O) groups is 1. The van der Waals surface area contributed by atoms with E-state index in [0.717, 1.165) is 0 Å². The molecule has 1 atom stereocenters. The molecule has 0 aromatic rings. The second-order valence-corrected chi connectivity index (χ2v) is 1.68. The zero-order valence-corrected chi connectivity index (χ0v) is 6.49. The van der Waals surface area contributed by atoms with Crippen LogP contribution in [0.4, 0.5) is 0 Å². The van der Waals surface area contributed by atoms with E-state index in [1.165, 1.54) is 0 Å². The lowest BCUT2D eigenvalue weighted by Crippen LogP contribution is -2.37. The monoisotopic (exact) mass is 152 g/mol. The minimum Gasteiger partial charge on any atom is -0.355 e. The van der Waals surface area contributed by atoms with E-state index in [1.807, 2.05) is 6.92 Å². The third-order valence-corrected chi connectivity index (χ3v) is 0.765. The molecular weight excluding hydrogens is 140 g/mol. The molecule has 0 unspecified atom stereocenters. The summed E-state index contributed by atoms with van der Waals surface area (Å²) < 4.78 is 0. The van der Waals surface area contributed by atoms with Crippen LogP contribution < -0.4 is 11.1 Å². The second kappa shape index (κ2) is 5.85. The molecule has 0 rings (SSSR count). The first-order valence-electron chi connectivity index (χ1n) is 2.71.